The van der Waals surface area contributed by atoms with Crippen molar-refractivity contribution in [1.29, 1.82) is 0 Å². The van der Waals surface area contributed by atoms with Gasteiger partial charge < -0.3 is 15.5 Å². The van der Waals surface area contributed by atoms with Gasteiger partial charge in [0.05, 0.1) is 6.54 Å². The van der Waals surface area contributed by atoms with Crippen molar-refractivity contribution in [2.45, 2.75) is 45.6 Å². The van der Waals surface area contributed by atoms with E-state index in [1.165, 1.54) is 0 Å². The van der Waals surface area contributed by atoms with E-state index in [1.54, 1.807) is 0 Å². The van der Waals surface area contributed by atoms with Crippen molar-refractivity contribution in [3.8, 4) is 0 Å². The fourth-order valence-electron chi connectivity index (χ4n) is 2.23. The third-order valence-corrected chi connectivity index (χ3v) is 3.57. The van der Waals surface area contributed by atoms with Crippen LogP contribution in [-0.2, 0) is 9.59 Å². The first kappa shape index (κ1) is 16.0. The van der Waals surface area contributed by atoms with E-state index >= 15 is 0 Å². The molecular formula is C14H27N3O2. The second-order valence-corrected chi connectivity index (χ2v) is 5.68. The monoisotopic (exact) mass is 269 g/mol. The summed E-state index contributed by atoms with van der Waals surface area (Å²) in [5, 5.41) is 5.92. The summed E-state index contributed by atoms with van der Waals surface area (Å²) in [6.45, 7) is 5.86. The van der Waals surface area contributed by atoms with Gasteiger partial charge in [0.15, 0.2) is 0 Å². The molecule has 0 spiro atoms. The van der Waals surface area contributed by atoms with Crippen LogP contribution in [0.25, 0.3) is 0 Å². The SMILES string of the molecule is CNC1CCCN(C(=O)CNC(=O)CCC(C)C)C1. The lowest BCUT2D eigenvalue weighted by molar-refractivity contribution is -0.134. The smallest absolute Gasteiger partial charge is 0.242 e. The number of nitrogens with zero attached hydrogens (tertiary/aromatic N) is 1. The molecule has 5 heteroatoms. The summed E-state index contributed by atoms with van der Waals surface area (Å²) in [6, 6.07) is 0.384. The van der Waals surface area contributed by atoms with Crippen LogP contribution < -0.4 is 10.6 Å². The van der Waals surface area contributed by atoms with E-state index < -0.39 is 0 Å². The first-order valence-corrected chi connectivity index (χ1v) is 7.24. The highest BCUT2D eigenvalue weighted by Crippen LogP contribution is 2.09. The maximum Gasteiger partial charge on any atom is 0.242 e. The fourth-order valence-corrected chi connectivity index (χ4v) is 2.23. The molecule has 5 nitrogen and oxygen atoms in total. The minimum atomic E-state index is -0.0239. The highest BCUT2D eigenvalue weighted by atomic mass is 16.2. The third kappa shape index (κ3) is 6.05. The minimum absolute atomic E-state index is 0.0239. The van der Waals surface area contributed by atoms with E-state index in [0.717, 1.165) is 32.4 Å². The molecule has 0 aromatic rings. The first-order valence-electron chi connectivity index (χ1n) is 7.24. The zero-order valence-electron chi connectivity index (χ0n) is 12.4. The van der Waals surface area contributed by atoms with Gasteiger partial charge in [-0.1, -0.05) is 13.8 Å². The number of rotatable bonds is 6. The Kier molecular flexibility index (Phi) is 6.84. The van der Waals surface area contributed by atoms with Gasteiger partial charge in [0.1, 0.15) is 0 Å². The molecule has 0 saturated carbocycles. The lowest BCUT2D eigenvalue weighted by Crippen LogP contribution is -2.49. The molecule has 110 valence electrons. The van der Waals surface area contributed by atoms with Gasteiger partial charge in [0, 0.05) is 25.6 Å². The predicted octanol–water partition coefficient (Wildman–Crippen LogP) is 0.749. The molecule has 1 heterocycles. The molecular weight excluding hydrogens is 242 g/mol. The predicted molar refractivity (Wildman–Crippen MR) is 75.7 cm³/mol. The normalized spacial score (nSPS) is 19.6. The van der Waals surface area contributed by atoms with Crippen LogP contribution in [-0.4, -0.2) is 49.4 Å². The van der Waals surface area contributed by atoms with Gasteiger partial charge in [-0.25, -0.2) is 0 Å². The molecule has 1 aliphatic heterocycles. The maximum absolute atomic E-state index is 12.0. The lowest BCUT2D eigenvalue weighted by atomic mass is 10.1. The summed E-state index contributed by atoms with van der Waals surface area (Å²) in [5.74, 6) is 0.516. The first-order chi connectivity index (χ1) is 9.02. The fraction of sp³-hybridized carbons (Fsp3) is 0.857. The van der Waals surface area contributed by atoms with Crippen molar-refractivity contribution in [3.05, 3.63) is 0 Å². The number of nitrogens with one attached hydrogen (secondary N) is 2. The average Bonchev–Trinajstić information content (AvgIpc) is 2.42. The van der Waals surface area contributed by atoms with Crippen LogP contribution in [0.2, 0.25) is 0 Å². The molecule has 1 atom stereocenters. The van der Waals surface area contributed by atoms with Crippen molar-refractivity contribution < 1.29 is 9.59 Å². The van der Waals surface area contributed by atoms with Crippen molar-refractivity contribution in [2.75, 3.05) is 26.7 Å². The quantitative estimate of drug-likeness (QED) is 0.748. The average molecular weight is 269 g/mol. The van der Waals surface area contributed by atoms with Crippen LogP contribution in [0.5, 0.6) is 0 Å². The van der Waals surface area contributed by atoms with Gasteiger partial charge in [-0.05, 0) is 32.2 Å². The van der Waals surface area contributed by atoms with Gasteiger partial charge in [-0.3, -0.25) is 9.59 Å². The zero-order valence-corrected chi connectivity index (χ0v) is 12.4. The Bertz CT molecular complexity index is 305. The second-order valence-electron chi connectivity index (χ2n) is 5.68. The molecule has 2 N–H and O–H groups in total. The van der Waals surface area contributed by atoms with Crippen LogP contribution in [0.15, 0.2) is 0 Å². The lowest BCUT2D eigenvalue weighted by Gasteiger charge is -2.32. The zero-order chi connectivity index (χ0) is 14.3. The van der Waals surface area contributed by atoms with E-state index in [0.29, 0.717) is 18.4 Å². The van der Waals surface area contributed by atoms with Crippen molar-refractivity contribution in [1.82, 2.24) is 15.5 Å². The highest BCUT2D eigenvalue weighted by molar-refractivity contribution is 5.84. The summed E-state index contributed by atoms with van der Waals surface area (Å²) < 4.78 is 0. The van der Waals surface area contributed by atoms with Gasteiger partial charge in [0.2, 0.25) is 11.8 Å². The molecule has 19 heavy (non-hydrogen) atoms. The number of piperidine rings is 1. The van der Waals surface area contributed by atoms with Crippen LogP contribution in [0.4, 0.5) is 0 Å². The van der Waals surface area contributed by atoms with Crippen LogP contribution in [0.1, 0.15) is 39.5 Å². The molecule has 1 aliphatic rings. The minimum Gasteiger partial charge on any atom is -0.347 e. The number of carbonyl (C=O) groups excluding carboxylic acids is 2. The Hall–Kier alpha value is -1.10. The van der Waals surface area contributed by atoms with E-state index in [4.69, 9.17) is 0 Å². The molecule has 1 saturated heterocycles. The molecule has 0 radical (unpaired) electrons. The Morgan fingerprint density at radius 1 is 1.37 bits per heavy atom. The largest absolute Gasteiger partial charge is 0.347 e. The number of carbonyl (C=O) groups is 2. The number of amides is 2. The topological polar surface area (TPSA) is 61.4 Å². The van der Waals surface area contributed by atoms with Gasteiger partial charge in [0.25, 0.3) is 0 Å². The number of likely N-dealkylation sites (tertiary alicyclic amines) is 1. The van der Waals surface area contributed by atoms with Crippen LogP contribution in [0.3, 0.4) is 0 Å². The molecule has 1 fully saturated rings. The van der Waals surface area contributed by atoms with E-state index in [9.17, 15) is 9.59 Å². The summed E-state index contributed by atoms with van der Waals surface area (Å²) in [7, 11) is 1.92. The van der Waals surface area contributed by atoms with Crippen LogP contribution >= 0.6 is 0 Å². The molecule has 0 aromatic heterocycles. The van der Waals surface area contributed by atoms with E-state index in [2.05, 4.69) is 24.5 Å². The number of hydrogen-bond acceptors (Lipinski definition) is 3. The third-order valence-electron chi connectivity index (χ3n) is 3.57. The Morgan fingerprint density at radius 2 is 2.11 bits per heavy atom. The molecule has 0 bridgehead atoms. The summed E-state index contributed by atoms with van der Waals surface area (Å²) in [6.07, 6.45) is 3.51. The summed E-state index contributed by atoms with van der Waals surface area (Å²) >= 11 is 0. The number of hydrogen-bond donors (Lipinski definition) is 2. The Morgan fingerprint density at radius 3 is 2.74 bits per heavy atom. The molecule has 2 amide bonds. The Labute approximate surface area is 116 Å². The van der Waals surface area contributed by atoms with Crippen molar-refractivity contribution in [3.63, 3.8) is 0 Å². The van der Waals surface area contributed by atoms with Crippen molar-refractivity contribution in [2.24, 2.45) is 5.92 Å². The standard InChI is InChI=1S/C14H27N3O2/c1-11(2)6-7-13(18)16-9-14(19)17-8-4-5-12(10-17)15-3/h11-12,15H,4-10H2,1-3H3,(H,16,18). The van der Waals surface area contributed by atoms with Gasteiger partial charge >= 0.3 is 0 Å². The maximum atomic E-state index is 12.0. The summed E-state index contributed by atoms with van der Waals surface area (Å²) in [5.41, 5.74) is 0. The Balaban J connectivity index is 2.25. The van der Waals surface area contributed by atoms with Crippen molar-refractivity contribution >= 4 is 11.8 Å². The van der Waals surface area contributed by atoms with Gasteiger partial charge in [-0.15, -0.1) is 0 Å². The molecule has 0 aliphatic carbocycles. The second kappa shape index (κ2) is 8.15. The molecule has 1 rings (SSSR count). The van der Waals surface area contributed by atoms with E-state index in [-0.39, 0.29) is 18.4 Å². The van der Waals surface area contributed by atoms with Gasteiger partial charge in [-0.2, -0.15) is 0 Å². The van der Waals surface area contributed by atoms with Crippen LogP contribution in [0, 0.1) is 5.92 Å². The molecule has 1 unspecified atom stereocenters. The number of likely N-dealkylation sites (N-methyl/N-ethyl adjacent to an activating group) is 1. The highest BCUT2D eigenvalue weighted by Gasteiger charge is 2.22. The molecule has 0 aromatic carbocycles. The van der Waals surface area contributed by atoms with E-state index in [1.807, 2.05) is 11.9 Å². The summed E-state index contributed by atoms with van der Waals surface area (Å²) in [4.78, 5) is 25.4.